The highest BCUT2D eigenvalue weighted by molar-refractivity contribution is 5.94. The minimum atomic E-state index is -0.430. The Labute approximate surface area is 150 Å². The maximum Gasteiger partial charge on any atom is 0.251 e. The zero-order valence-electron chi connectivity index (χ0n) is 15.6. The van der Waals surface area contributed by atoms with Crippen LogP contribution in [0.1, 0.15) is 68.8 Å². The Morgan fingerprint density at radius 1 is 1.36 bits per heavy atom. The van der Waals surface area contributed by atoms with Gasteiger partial charge in [-0.1, -0.05) is 31.9 Å². The van der Waals surface area contributed by atoms with Crippen molar-refractivity contribution in [3.05, 3.63) is 35.4 Å². The lowest BCUT2D eigenvalue weighted by atomic mass is 9.74. The maximum absolute atomic E-state index is 12.5. The summed E-state index contributed by atoms with van der Waals surface area (Å²) in [7, 11) is 0. The highest BCUT2D eigenvalue weighted by atomic mass is 16.2. The van der Waals surface area contributed by atoms with Crippen molar-refractivity contribution in [2.45, 2.75) is 71.0 Å². The van der Waals surface area contributed by atoms with E-state index in [1.807, 2.05) is 39.0 Å². The molecule has 0 aromatic heterocycles. The van der Waals surface area contributed by atoms with Gasteiger partial charge in [-0.2, -0.15) is 0 Å². The SMILES string of the molecule is CCC(C)NC(=O)c1cccc(CNC(=O)C2CCCCC2(C)N)c1. The van der Waals surface area contributed by atoms with E-state index in [0.717, 1.165) is 37.7 Å². The number of hydrogen-bond donors (Lipinski definition) is 3. The van der Waals surface area contributed by atoms with E-state index in [2.05, 4.69) is 10.6 Å². The van der Waals surface area contributed by atoms with E-state index in [4.69, 9.17) is 5.73 Å². The lowest BCUT2D eigenvalue weighted by Gasteiger charge is -2.37. The van der Waals surface area contributed by atoms with Gasteiger partial charge in [-0.05, 0) is 50.8 Å². The second kappa shape index (κ2) is 8.48. The Kier molecular flexibility index (Phi) is 6.59. The molecule has 4 N–H and O–H groups in total. The molecule has 3 atom stereocenters. The summed E-state index contributed by atoms with van der Waals surface area (Å²) in [5.41, 5.74) is 7.41. The zero-order valence-corrected chi connectivity index (χ0v) is 15.6. The largest absolute Gasteiger partial charge is 0.352 e. The standard InChI is InChI=1S/C20H31N3O2/c1-4-14(2)23-18(24)16-9-7-8-15(12-16)13-22-19(25)17-10-5-6-11-20(17,3)21/h7-9,12,14,17H,4-6,10-11,13,21H2,1-3H3,(H,22,25)(H,23,24). The molecule has 2 amide bonds. The van der Waals surface area contributed by atoms with E-state index >= 15 is 0 Å². The minimum Gasteiger partial charge on any atom is -0.352 e. The van der Waals surface area contributed by atoms with Crippen LogP contribution in [0.5, 0.6) is 0 Å². The van der Waals surface area contributed by atoms with Gasteiger partial charge in [-0.3, -0.25) is 9.59 Å². The molecule has 3 unspecified atom stereocenters. The number of nitrogens with two attached hydrogens (primary N) is 1. The molecule has 5 heteroatoms. The fourth-order valence-corrected chi connectivity index (χ4v) is 3.33. The fraction of sp³-hybridized carbons (Fsp3) is 0.600. The number of benzene rings is 1. The highest BCUT2D eigenvalue weighted by Gasteiger charge is 2.37. The summed E-state index contributed by atoms with van der Waals surface area (Å²) in [6.45, 7) is 6.40. The van der Waals surface area contributed by atoms with Gasteiger partial charge in [0.25, 0.3) is 5.91 Å². The molecule has 0 radical (unpaired) electrons. The summed E-state index contributed by atoms with van der Waals surface area (Å²) in [5.74, 6) is -0.207. The molecular formula is C20H31N3O2. The van der Waals surface area contributed by atoms with Gasteiger partial charge in [0.05, 0.1) is 5.92 Å². The summed E-state index contributed by atoms with van der Waals surface area (Å²) < 4.78 is 0. The molecule has 1 aliphatic rings. The van der Waals surface area contributed by atoms with E-state index in [9.17, 15) is 9.59 Å². The highest BCUT2D eigenvalue weighted by Crippen LogP contribution is 2.31. The molecule has 0 saturated heterocycles. The molecule has 0 heterocycles. The lowest BCUT2D eigenvalue weighted by Crippen LogP contribution is -2.52. The lowest BCUT2D eigenvalue weighted by molar-refractivity contribution is -0.128. The van der Waals surface area contributed by atoms with Gasteiger partial charge in [-0.25, -0.2) is 0 Å². The molecule has 1 aromatic carbocycles. The molecule has 1 saturated carbocycles. The van der Waals surface area contributed by atoms with Crippen LogP contribution in [-0.4, -0.2) is 23.4 Å². The Balaban J connectivity index is 1.95. The number of nitrogens with one attached hydrogen (secondary N) is 2. The average molecular weight is 345 g/mol. The molecule has 1 aliphatic carbocycles. The quantitative estimate of drug-likeness (QED) is 0.741. The third kappa shape index (κ3) is 5.30. The van der Waals surface area contributed by atoms with Gasteiger partial charge < -0.3 is 16.4 Å². The van der Waals surface area contributed by atoms with Crippen molar-refractivity contribution in [1.29, 1.82) is 0 Å². The Bertz CT molecular complexity index is 613. The third-order valence-electron chi connectivity index (χ3n) is 5.22. The average Bonchev–Trinajstić information content (AvgIpc) is 2.59. The Morgan fingerprint density at radius 2 is 2.12 bits per heavy atom. The number of carbonyl (C=O) groups is 2. The third-order valence-corrected chi connectivity index (χ3v) is 5.22. The van der Waals surface area contributed by atoms with Gasteiger partial charge >= 0.3 is 0 Å². The van der Waals surface area contributed by atoms with Crippen LogP contribution in [0.3, 0.4) is 0 Å². The van der Waals surface area contributed by atoms with Gasteiger partial charge in [0.1, 0.15) is 0 Å². The molecule has 138 valence electrons. The monoisotopic (exact) mass is 345 g/mol. The van der Waals surface area contributed by atoms with Crippen LogP contribution < -0.4 is 16.4 Å². The van der Waals surface area contributed by atoms with E-state index < -0.39 is 5.54 Å². The van der Waals surface area contributed by atoms with E-state index in [1.165, 1.54) is 0 Å². The van der Waals surface area contributed by atoms with Crippen molar-refractivity contribution in [3.8, 4) is 0 Å². The van der Waals surface area contributed by atoms with Crippen LogP contribution in [0.25, 0.3) is 0 Å². The van der Waals surface area contributed by atoms with Crippen LogP contribution in [0.4, 0.5) is 0 Å². The molecule has 0 bridgehead atoms. The predicted octanol–water partition coefficient (Wildman–Crippen LogP) is 2.74. The summed E-state index contributed by atoms with van der Waals surface area (Å²) in [4.78, 5) is 24.7. The summed E-state index contributed by atoms with van der Waals surface area (Å²) >= 11 is 0. The van der Waals surface area contributed by atoms with Crippen molar-refractivity contribution in [2.24, 2.45) is 11.7 Å². The zero-order chi connectivity index (χ0) is 18.4. The van der Waals surface area contributed by atoms with E-state index in [-0.39, 0.29) is 23.8 Å². The molecular weight excluding hydrogens is 314 g/mol. The topological polar surface area (TPSA) is 84.2 Å². The summed E-state index contributed by atoms with van der Waals surface area (Å²) in [6.07, 6.45) is 4.76. The van der Waals surface area contributed by atoms with Crippen LogP contribution >= 0.6 is 0 Å². The van der Waals surface area contributed by atoms with Crippen molar-refractivity contribution in [3.63, 3.8) is 0 Å². The Hall–Kier alpha value is -1.88. The summed E-state index contributed by atoms with van der Waals surface area (Å²) in [5, 5.41) is 5.95. The predicted molar refractivity (Wildman–Crippen MR) is 100 cm³/mol. The van der Waals surface area contributed by atoms with E-state index in [1.54, 1.807) is 6.07 Å². The molecule has 2 rings (SSSR count). The second-order valence-electron chi connectivity index (χ2n) is 7.51. The van der Waals surface area contributed by atoms with Crippen molar-refractivity contribution in [1.82, 2.24) is 10.6 Å². The molecule has 1 fully saturated rings. The first-order valence-corrected chi connectivity index (χ1v) is 9.30. The number of amides is 2. The van der Waals surface area contributed by atoms with Crippen molar-refractivity contribution < 1.29 is 9.59 Å². The minimum absolute atomic E-state index is 0.0131. The smallest absolute Gasteiger partial charge is 0.251 e. The van der Waals surface area contributed by atoms with Crippen LogP contribution in [0.2, 0.25) is 0 Å². The molecule has 5 nitrogen and oxygen atoms in total. The normalized spacial score (nSPS) is 24.4. The van der Waals surface area contributed by atoms with Crippen LogP contribution in [0.15, 0.2) is 24.3 Å². The number of rotatable bonds is 6. The molecule has 0 aliphatic heterocycles. The molecule has 25 heavy (non-hydrogen) atoms. The first kappa shape index (κ1) is 19.4. The van der Waals surface area contributed by atoms with Crippen LogP contribution in [-0.2, 0) is 11.3 Å². The Morgan fingerprint density at radius 3 is 2.80 bits per heavy atom. The fourth-order valence-electron chi connectivity index (χ4n) is 3.33. The number of carbonyl (C=O) groups excluding carboxylic acids is 2. The van der Waals surface area contributed by atoms with Crippen molar-refractivity contribution in [2.75, 3.05) is 0 Å². The van der Waals surface area contributed by atoms with Crippen molar-refractivity contribution >= 4 is 11.8 Å². The van der Waals surface area contributed by atoms with Gasteiger partial charge in [0.15, 0.2) is 0 Å². The first-order valence-electron chi connectivity index (χ1n) is 9.30. The van der Waals surface area contributed by atoms with Crippen LogP contribution in [0, 0.1) is 5.92 Å². The number of hydrogen-bond acceptors (Lipinski definition) is 3. The van der Waals surface area contributed by atoms with E-state index in [0.29, 0.717) is 12.1 Å². The maximum atomic E-state index is 12.5. The second-order valence-corrected chi connectivity index (χ2v) is 7.51. The van der Waals surface area contributed by atoms with Gasteiger partial charge in [-0.15, -0.1) is 0 Å². The molecule has 0 spiro atoms. The first-order chi connectivity index (χ1) is 11.8. The van der Waals surface area contributed by atoms with Gasteiger partial charge in [0.2, 0.25) is 5.91 Å². The molecule has 1 aromatic rings. The summed E-state index contributed by atoms with van der Waals surface area (Å²) in [6, 6.07) is 7.54. The van der Waals surface area contributed by atoms with Gasteiger partial charge in [0, 0.05) is 23.7 Å².